The zero-order chi connectivity index (χ0) is 28.6. The lowest BCUT2D eigenvalue weighted by Gasteiger charge is -2.31. The van der Waals surface area contributed by atoms with Crippen molar-refractivity contribution in [1.82, 2.24) is 0 Å². The quantitative estimate of drug-likeness (QED) is 0.217. The van der Waals surface area contributed by atoms with Crippen LogP contribution in [0.3, 0.4) is 0 Å². The molecule has 208 valence electrons. The van der Waals surface area contributed by atoms with Gasteiger partial charge in [0.25, 0.3) is 0 Å². The van der Waals surface area contributed by atoms with Crippen molar-refractivity contribution in [3.63, 3.8) is 0 Å². The third kappa shape index (κ3) is 6.02. The summed E-state index contributed by atoms with van der Waals surface area (Å²) in [6.45, 7) is 4.38. The van der Waals surface area contributed by atoms with E-state index in [9.17, 15) is 35.1 Å². The van der Waals surface area contributed by atoms with E-state index in [0.29, 0.717) is 11.8 Å². The first kappa shape index (κ1) is 28.8. The number of alkyl halides is 3. The molecule has 1 fully saturated rings. The second kappa shape index (κ2) is 11.1. The van der Waals surface area contributed by atoms with Gasteiger partial charge < -0.3 is 0 Å². The van der Waals surface area contributed by atoms with Crippen LogP contribution in [0.1, 0.15) is 67.7 Å². The topological polar surface area (TPSA) is 0 Å². The zero-order valence-electron chi connectivity index (χ0n) is 21.1. The molecule has 0 unspecified atom stereocenters. The minimum absolute atomic E-state index is 0.0285. The number of halogens is 9. The lowest BCUT2D eigenvalue weighted by atomic mass is 9.74. The van der Waals surface area contributed by atoms with Crippen LogP contribution in [0.25, 0.3) is 22.8 Å². The third-order valence-electron chi connectivity index (χ3n) is 7.47. The van der Waals surface area contributed by atoms with Gasteiger partial charge in [-0.05, 0) is 84.9 Å². The smallest absolute Gasteiger partial charge is 0.206 e. The molecule has 4 rings (SSSR count). The highest BCUT2D eigenvalue weighted by Gasteiger charge is 2.38. The van der Waals surface area contributed by atoms with E-state index in [2.05, 4.69) is 13.8 Å². The van der Waals surface area contributed by atoms with Crippen LogP contribution in [0.2, 0.25) is 0 Å². The Hall–Kier alpha value is -3.23. The molecule has 0 atom stereocenters. The van der Waals surface area contributed by atoms with Crippen LogP contribution in [0, 0.1) is 35.1 Å². The van der Waals surface area contributed by atoms with Crippen LogP contribution < -0.4 is 0 Å². The van der Waals surface area contributed by atoms with Gasteiger partial charge in [-0.1, -0.05) is 32.0 Å². The van der Waals surface area contributed by atoms with Crippen LogP contribution in [0.15, 0.2) is 48.5 Å². The molecule has 0 N–H and O–H groups in total. The monoisotopic (exact) mass is 556 g/mol. The summed E-state index contributed by atoms with van der Waals surface area (Å²) in [5, 5.41) is 0. The maximum Gasteiger partial charge on any atom is 0.422 e. The molecule has 0 aliphatic heterocycles. The molecule has 0 bridgehead atoms. The summed E-state index contributed by atoms with van der Waals surface area (Å²) in [5.74, 6) is -8.61. The predicted octanol–water partition coefficient (Wildman–Crippen LogP) is 10.6. The summed E-state index contributed by atoms with van der Waals surface area (Å²) in [5.41, 5.74) is -3.46. The Morgan fingerprint density at radius 1 is 0.718 bits per heavy atom. The molecular weight excluding hydrogens is 531 g/mol. The van der Waals surface area contributed by atoms with Crippen molar-refractivity contribution in [3.8, 4) is 11.1 Å². The molecule has 0 spiro atoms. The molecule has 0 saturated heterocycles. The van der Waals surface area contributed by atoms with Gasteiger partial charge in [0.05, 0.1) is 0 Å². The summed E-state index contributed by atoms with van der Waals surface area (Å²) in [6.07, 6.45) is -1.41. The molecule has 3 aromatic rings. The maximum absolute atomic E-state index is 15.0. The van der Waals surface area contributed by atoms with E-state index in [1.807, 2.05) is 0 Å². The number of rotatable bonds is 5. The SMILES string of the molecule is CC(C)C1CCC(c2ccc(-c3ccc(/C(F)=C(\F)c4cc(F)c(C(F)(F)F)c(F)c4)c(F)c3)c(F)c2)CC1. The van der Waals surface area contributed by atoms with Crippen LogP contribution in [-0.4, -0.2) is 0 Å². The lowest BCUT2D eigenvalue weighted by molar-refractivity contribution is -0.142. The second-order valence-corrected chi connectivity index (χ2v) is 10.2. The minimum atomic E-state index is -5.39. The fourth-order valence-electron chi connectivity index (χ4n) is 5.21. The lowest BCUT2D eigenvalue weighted by Crippen LogP contribution is -2.17. The van der Waals surface area contributed by atoms with Crippen molar-refractivity contribution in [2.75, 3.05) is 0 Å². The molecule has 1 aliphatic carbocycles. The minimum Gasteiger partial charge on any atom is -0.206 e. The fraction of sp³-hybridized carbons (Fsp3) is 0.333. The van der Waals surface area contributed by atoms with Gasteiger partial charge in [-0.2, -0.15) is 13.2 Å². The molecule has 0 radical (unpaired) electrons. The van der Waals surface area contributed by atoms with Crippen LogP contribution in [-0.2, 0) is 6.18 Å². The van der Waals surface area contributed by atoms with E-state index < -0.39 is 57.8 Å². The van der Waals surface area contributed by atoms with Gasteiger partial charge >= 0.3 is 6.18 Å². The maximum atomic E-state index is 15.0. The summed E-state index contributed by atoms with van der Waals surface area (Å²) >= 11 is 0. The molecule has 0 aromatic heterocycles. The van der Waals surface area contributed by atoms with Gasteiger partial charge in [0.15, 0.2) is 11.7 Å². The van der Waals surface area contributed by atoms with E-state index in [0.717, 1.165) is 49.4 Å². The average molecular weight is 557 g/mol. The molecular formula is C30H25F9. The Morgan fingerprint density at radius 2 is 1.33 bits per heavy atom. The van der Waals surface area contributed by atoms with E-state index in [1.165, 1.54) is 12.1 Å². The molecule has 0 nitrogen and oxygen atoms in total. The van der Waals surface area contributed by atoms with E-state index in [1.54, 1.807) is 6.07 Å². The Labute approximate surface area is 220 Å². The van der Waals surface area contributed by atoms with Gasteiger partial charge in [-0.25, -0.2) is 26.3 Å². The molecule has 3 aromatic carbocycles. The Kier molecular flexibility index (Phi) is 8.19. The van der Waals surface area contributed by atoms with Crippen molar-refractivity contribution in [3.05, 3.63) is 94.1 Å². The first-order valence-electron chi connectivity index (χ1n) is 12.5. The second-order valence-electron chi connectivity index (χ2n) is 10.2. The summed E-state index contributed by atoms with van der Waals surface area (Å²) < 4.78 is 125. The zero-order valence-corrected chi connectivity index (χ0v) is 21.1. The van der Waals surface area contributed by atoms with Crippen LogP contribution in [0.5, 0.6) is 0 Å². The van der Waals surface area contributed by atoms with Crippen LogP contribution >= 0.6 is 0 Å². The Balaban J connectivity index is 1.59. The predicted molar refractivity (Wildman–Crippen MR) is 132 cm³/mol. The third-order valence-corrected chi connectivity index (χ3v) is 7.47. The first-order valence-corrected chi connectivity index (χ1v) is 12.5. The fourth-order valence-corrected chi connectivity index (χ4v) is 5.21. The van der Waals surface area contributed by atoms with Gasteiger partial charge in [-0.3, -0.25) is 0 Å². The van der Waals surface area contributed by atoms with Gasteiger partial charge in [-0.15, -0.1) is 0 Å². The van der Waals surface area contributed by atoms with Gasteiger partial charge in [0.2, 0.25) is 0 Å². The van der Waals surface area contributed by atoms with Gasteiger partial charge in [0.1, 0.15) is 28.8 Å². The number of hydrogen-bond donors (Lipinski definition) is 0. The average Bonchev–Trinajstić information content (AvgIpc) is 2.86. The molecule has 1 aliphatic rings. The highest BCUT2D eigenvalue weighted by Crippen LogP contribution is 2.41. The summed E-state index contributed by atoms with van der Waals surface area (Å²) in [4.78, 5) is 0. The van der Waals surface area contributed by atoms with E-state index in [4.69, 9.17) is 0 Å². The highest BCUT2D eigenvalue weighted by atomic mass is 19.4. The molecule has 0 heterocycles. The van der Waals surface area contributed by atoms with Crippen LogP contribution in [0.4, 0.5) is 39.5 Å². The number of benzene rings is 3. The molecule has 39 heavy (non-hydrogen) atoms. The Morgan fingerprint density at radius 3 is 1.85 bits per heavy atom. The van der Waals surface area contributed by atoms with E-state index in [-0.39, 0.29) is 29.2 Å². The first-order chi connectivity index (χ1) is 18.3. The molecule has 0 amide bonds. The largest absolute Gasteiger partial charge is 0.422 e. The van der Waals surface area contributed by atoms with Crippen molar-refractivity contribution in [1.29, 1.82) is 0 Å². The molecule has 9 heteroatoms. The van der Waals surface area contributed by atoms with Crippen molar-refractivity contribution in [2.45, 2.75) is 51.6 Å². The van der Waals surface area contributed by atoms with Crippen molar-refractivity contribution >= 4 is 11.7 Å². The van der Waals surface area contributed by atoms with Gasteiger partial charge in [0, 0.05) is 16.7 Å². The Bertz CT molecular complexity index is 1370. The highest BCUT2D eigenvalue weighted by molar-refractivity contribution is 5.84. The van der Waals surface area contributed by atoms with E-state index >= 15 is 4.39 Å². The number of hydrogen-bond acceptors (Lipinski definition) is 0. The standard InChI is InChI=1S/C30H25F9/c1-15(2)16-3-5-17(6-4-16)18-7-9-21(23(31)11-18)19-8-10-22(24(32)12-19)29(36)28(35)20-13-25(33)27(26(34)14-20)30(37,38)39/h7-17H,3-6H2,1-2H3/b29-28+. The summed E-state index contributed by atoms with van der Waals surface area (Å²) in [6, 6.07) is 7.34. The molecule has 1 saturated carbocycles. The normalized spacial score (nSPS) is 18.9. The van der Waals surface area contributed by atoms with Crippen molar-refractivity contribution < 1.29 is 39.5 Å². The van der Waals surface area contributed by atoms with Crippen molar-refractivity contribution in [2.24, 2.45) is 11.8 Å². The summed E-state index contributed by atoms with van der Waals surface area (Å²) in [7, 11) is 0.